The Morgan fingerprint density at radius 3 is 2.39 bits per heavy atom. The zero-order chi connectivity index (χ0) is 16.8. The summed E-state index contributed by atoms with van der Waals surface area (Å²) in [6.07, 6.45) is 1.37. The summed E-state index contributed by atoms with van der Waals surface area (Å²) in [7, 11) is 0. The third kappa shape index (κ3) is 2.80. The first-order valence-corrected chi connectivity index (χ1v) is 7.51. The van der Waals surface area contributed by atoms with E-state index in [1.54, 1.807) is 6.92 Å². The summed E-state index contributed by atoms with van der Waals surface area (Å²) in [6.45, 7) is 1.87. The van der Waals surface area contributed by atoms with Gasteiger partial charge in [-0.25, -0.2) is 13.2 Å². The van der Waals surface area contributed by atoms with E-state index in [0.29, 0.717) is 24.8 Å². The number of amides is 1. The van der Waals surface area contributed by atoms with E-state index in [9.17, 15) is 22.8 Å². The summed E-state index contributed by atoms with van der Waals surface area (Å²) in [5, 5.41) is 2.72. The Morgan fingerprint density at radius 1 is 1.26 bits per heavy atom. The minimum atomic E-state index is -1.51. The molecule has 1 N–H and O–H groups in total. The van der Waals surface area contributed by atoms with E-state index in [-0.39, 0.29) is 18.6 Å². The number of nitrogens with one attached hydrogen (secondary N) is 1. The molecule has 0 aliphatic heterocycles. The van der Waals surface area contributed by atoms with E-state index in [1.807, 2.05) is 0 Å². The Labute approximate surface area is 131 Å². The predicted octanol–water partition coefficient (Wildman–Crippen LogP) is 2.42. The van der Waals surface area contributed by atoms with E-state index in [1.165, 1.54) is 0 Å². The van der Waals surface area contributed by atoms with Crippen LogP contribution in [0.1, 0.15) is 37.7 Å². The molecule has 1 amide bonds. The third-order valence-corrected chi connectivity index (χ3v) is 4.39. The van der Waals surface area contributed by atoms with Crippen LogP contribution in [0.3, 0.4) is 0 Å². The number of hydrogen-bond donors (Lipinski definition) is 1. The molecule has 0 aromatic heterocycles. The van der Waals surface area contributed by atoms with Gasteiger partial charge in [-0.2, -0.15) is 0 Å². The molecule has 0 bridgehead atoms. The molecular formula is C16H16F3NO3. The lowest BCUT2D eigenvalue weighted by atomic mass is 10.1. The van der Waals surface area contributed by atoms with Gasteiger partial charge >= 0.3 is 5.97 Å². The van der Waals surface area contributed by atoms with Crippen LogP contribution in [0.2, 0.25) is 0 Å². The minimum Gasteiger partial charge on any atom is -0.465 e. The summed E-state index contributed by atoms with van der Waals surface area (Å²) >= 11 is 0. The topological polar surface area (TPSA) is 55.4 Å². The maximum absolute atomic E-state index is 13.2. The lowest BCUT2D eigenvalue weighted by Gasteiger charge is -2.14. The highest BCUT2D eigenvalue weighted by Gasteiger charge is 2.59. The highest BCUT2D eigenvalue weighted by Crippen LogP contribution is 2.49. The lowest BCUT2D eigenvalue weighted by molar-refractivity contribution is -0.154. The van der Waals surface area contributed by atoms with Crippen LogP contribution in [-0.2, 0) is 14.3 Å². The summed E-state index contributed by atoms with van der Waals surface area (Å²) in [4.78, 5) is 24.1. The van der Waals surface area contributed by atoms with E-state index in [0.717, 1.165) is 12.1 Å². The number of halogens is 3. The third-order valence-electron chi connectivity index (χ3n) is 4.39. The van der Waals surface area contributed by atoms with Gasteiger partial charge in [-0.1, -0.05) is 0 Å². The molecule has 0 heterocycles. The molecule has 2 saturated carbocycles. The maximum atomic E-state index is 13.2. The van der Waals surface area contributed by atoms with Crippen molar-refractivity contribution in [3.63, 3.8) is 0 Å². The van der Waals surface area contributed by atoms with Crippen LogP contribution in [0.4, 0.5) is 13.2 Å². The van der Waals surface area contributed by atoms with Crippen LogP contribution in [0.25, 0.3) is 0 Å². The maximum Gasteiger partial charge on any atom is 0.321 e. The van der Waals surface area contributed by atoms with Gasteiger partial charge in [-0.15, -0.1) is 0 Å². The zero-order valence-corrected chi connectivity index (χ0v) is 12.5. The van der Waals surface area contributed by atoms with Crippen molar-refractivity contribution in [1.29, 1.82) is 0 Å². The molecule has 0 saturated heterocycles. The molecule has 23 heavy (non-hydrogen) atoms. The van der Waals surface area contributed by atoms with Gasteiger partial charge in [0.2, 0.25) is 5.91 Å². The molecule has 7 heteroatoms. The average molecular weight is 327 g/mol. The smallest absolute Gasteiger partial charge is 0.321 e. The fourth-order valence-corrected chi connectivity index (χ4v) is 2.74. The molecule has 1 aromatic carbocycles. The van der Waals surface area contributed by atoms with Gasteiger partial charge < -0.3 is 10.1 Å². The van der Waals surface area contributed by atoms with Crippen LogP contribution in [0.5, 0.6) is 0 Å². The Balaban J connectivity index is 1.64. The van der Waals surface area contributed by atoms with Crippen molar-refractivity contribution in [2.75, 3.05) is 6.61 Å². The summed E-state index contributed by atoms with van der Waals surface area (Å²) in [6, 6.07) is 1.57. The second-order valence-corrected chi connectivity index (χ2v) is 6.02. The van der Waals surface area contributed by atoms with Gasteiger partial charge in [0.15, 0.2) is 17.5 Å². The number of carbonyl (C=O) groups excluding carboxylic acids is 2. The molecular weight excluding hydrogens is 311 g/mol. The fourth-order valence-electron chi connectivity index (χ4n) is 2.74. The largest absolute Gasteiger partial charge is 0.465 e. The molecule has 0 radical (unpaired) electrons. The quantitative estimate of drug-likeness (QED) is 0.513. The molecule has 4 nitrogen and oxygen atoms in total. The second kappa shape index (κ2) is 5.54. The van der Waals surface area contributed by atoms with E-state index < -0.39 is 34.7 Å². The summed E-state index contributed by atoms with van der Waals surface area (Å²) in [5.74, 6) is -5.22. The van der Waals surface area contributed by atoms with Gasteiger partial charge in [0, 0.05) is 12.0 Å². The van der Waals surface area contributed by atoms with Crippen LogP contribution in [-0.4, -0.2) is 24.5 Å². The average Bonchev–Trinajstić information content (AvgIpc) is 3.38. The Morgan fingerprint density at radius 2 is 1.87 bits per heavy atom. The van der Waals surface area contributed by atoms with Crippen LogP contribution < -0.4 is 5.32 Å². The Bertz CT molecular complexity index is 650. The summed E-state index contributed by atoms with van der Waals surface area (Å²) < 4.78 is 44.4. The lowest BCUT2D eigenvalue weighted by Crippen LogP contribution is -2.39. The number of carbonyl (C=O) groups is 2. The standard InChI is InChI=1S/C16H16F3NO3/c1-2-23-15(22)16(3-4-16)14(21)20-12-7-9(12)8-5-10(17)13(19)11(18)6-8/h5-6,9,12H,2-4,7H2,1H3,(H,20,21)/t9-,12+/m0/s1. The molecule has 2 aliphatic rings. The first kappa shape index (κ1) is 15.8. The van der Waals surface area contributed by atoms with Gasteiger partial charge in [0.1, 0.15) is 5.41 Å². The van der Waals surface area contributed by atoms with Gasteiger partial charge in [0.25, 0.3) is 0 Å². The van der Waals surface area contributed by atoms with Crippen LogP contribution in [0, 0.1) is 22.9 Å². The number of benzene rings is 1. The van der Waals surface area contributed by atoms with Crippen molar-refractivity contribution in [3.8, 4) is 0 Å². The molecule has 3 rings (SSSR count). The Hall–Kier alpha value is -2.05. The molecule has 2 atom stereocenters. The number of hydrogen-bond acceptors (Lipinski definition) is 3. The Kier molecular flexibility index (Phi) is 3.82. The SMILES string of the molecule is CCOC(=O)C1(C(=O)N[C@@H]2C[C@H]2c2cc(F)c(F)c(F)c2)CC1. The number of esters is 1. The number of rotatable bonds is 5. The van der Waals surface area contributed by atoms with Crippen LogP contribution >= 0.6 is 0 Å². The number of ether oxygens (including phenoxy) is 1. The minimum absolute atomic E-state index is 0.202. The van der Waals surface area contributed by atoms with Gasteiger partial charge in [-0.05, 0) is 43.9 Å². The molecule has 2 fully saturated rings. The first-order valence-electron chi connectivity index (χ1n) is 7.51. The van der Waals surface area contributed by atoms with Crippen molar-refractivity contribution < 1.29 is 27.5 Å². The monoisotopic (exact) mass is 327 g/mol. The summed E-state index contributed by atoms with van der Waals surface area (Å²) in [5.41, 5.74) is -0.810. The highest BCUT2D eigenvalue weighted by molar-refractivity contribution is 6.05. The predicted molar refractivity (Wildman–Crippen MR) is 73.9 cm³/mol. The van der Waals surface area contributed by atoms with Crippen molar-refractivity contribution in [2.45, 2.75) is 38.1 Å². The van der Waals surface area contributed by atoms with E-state index in [2.05, 4.69) is 5.32 Å². The molecule has 124 valence electrons. The van der Waals surface area contributed by atoms with Crippen molar-refractivity contribution in [2.24, 2.45) is 5.41 Å². The molecule has 0 spiro atoms. The van der Waals surface area contributed by atoms with Crippen molar-refractivity contribution in [1.82, 2.24) is 5.32 Å². The van der Waals surface area contributed by atoms with Crippen molar-refractivity contribution >= 4 is 11.9 Å². The van der Waals surface area contributed by atoms with E-state index in [4.69, 9.17) is 4.74 Å². The fraction of sp³-hybridized carbons (Fsp3) is 0.500. The normalized spacial score (nSPS) is 24.0. The van der Waals surface area contributed by atoms with Gasteiger partial charge in [0.05, 0.1) is 6.61 Å². The molecule has 0 unspecified atom stereocenters. The molecule has 2 aliphatic carbocycles. The zero-order valence-electron chi connectivity index (χ0n) is 12.5. The van der Waals surface area contributed by atoms with E-state index >= 15 is 0 Å². The second-order valence-electron chi connectivity index (χ2n) is 6.02. The highest BCUT2D eigenvalue weighted by atomic mass is 19.2. The first-order chi connectivity index (χ1) is 10.9. The molecule has 1 aromatic rings. The van der Waals surface area contributed by atoms with Crippen molar-refractivity contribution in [3.05, 3.63) is 35.1 Å². The van der Waals surface area contributed by atoms with Crippen LogP contribution in [0.15, 0.2) is 12.1 Å². The van der Waals surface area contributed by atoms with Gasteiger partial charge in [-0.3, -0.25) is 9.59 Å².